The van der Waals surface area contributed by atoms with Gasteiger partial charge in [-0.25, -0.2) is 0 Å². The Kier molecular flexibility index (Phi) is 6.37. The minimum Gasteiger partial charge on any atom is -0.369 e. The SMILES string of the molecule is C=CC(OCCCCBr)c1ccccc1. The summed E-state index contributed by atoms with van der Waals surface area (Å²) in [6.07, 6.45) is 4.12. The Bertz CT molecular complexity index is 271. The first-order valence-corrected chi connectivity index (χ1v) is 6.35. The highest BCUT2D eigenvalue weighted by Crippen LogP contribution is 2.18. The van der Waals surface area contributed by atoms with Crippen molar-refractivity contribution < 1.29 is 4.74 Å². The molecule has 2 heteroatoms. The number of ether oxygens (including phenoxy) is 1. The van der Waals surface area contributed by atoms with Crippen LogP contribution in [0.15, 0.2) is 43.0 Å². The van der Waals surface area contributed by atoms with Crippen LogP contribution in [0.2, 0.25) is 0 Å². The topological polar surface area (TPSA) is 9.23 Å². The molecule has 0 aromatic heterocycles. The van der Waals surface area contributed by atoms with E-state index in [0.29, 0.717) is 0 Å². The number of hydrogen-bond acceptors (Lipinski definition) is 1. The lowest BCUT2D eigenvalue weighted by Gasteiger charge is -2.13. The van der Waals surface area contributed by atoms with Crippen LogP contribution in [0, 0.1) is 0 Å². The van der Waals surface area contributed by atoms with E-state index in [2.05, 4.69) is 34.6 Å². The van der Waals surface area contributed by atoms with E-state index in [0.717, 1.165) is 24.8 Å². The summed E-state index contributed by atoms with van der Waals surface area (Å²) >= 11 is 3.40. The molecule has 0 amide bonds. The molecule has 0 heterocycles. The zero-order valence-corrected chi connectivity index (χ0v) is 10.4. The smallest absolute Gasteiger partial charge is 0.100 e. The third-order valence-corrected chi connectivity index (χ3v) is 2.73. The van der Waals surface area contributed by atoms with Crippen LogP contribution in [-0.4, -0.2) is 11.9 Å². The average molecular weight is 269 g/mol. The lowest BCUT2D eigenvalue weighted by atomic mass is 10.1. The summed E-state index contributed by atoms with van der Waals surface area (Å²) in [6, 6.07) is 10.2. The second kappa shape index (κ2) is 7.66. The highest BCUT2D eigenvalue weighted by atomic mass is 79.9. The molecule has 1 nitrogen and oxygen atoms in total. The third-order valence-electron chi connectivity index (χ3n) is 2.17. The van der Waals surface area contributed by atoms with E-state index in [-0.39, 0.29) is 6.10 Å². The predicted octanol–water partition coefficient (Wildman–Crippen LogP) is 4.11. The van der Waals surface area contributed by atoms with Crippen LogP contribution in [0.1, 0.15) is 24.5 Å². The normalized spacial score (nSPS) is 12.3. The average Bonchev–Trinajstić information content (AvgIpc) is 2.30. The van der Waals surface area contributed by atoms with Gasteiger partial charge in [0.05, 0.1) is 0 Å². The maximum Gasteiger partial charge on any atom is 0.100 e. The second-order valence-electron chi connectivity index (χ2n) is 3.33. The molecule has 15 heavy (non-hydrogen) atoms. The van der Waals surface area contributed by atoms with E-state index in [1.54, 1.807) is 0 Å². The number of alkyl halides is 1. The van der Waals surface area contributed by atoms with E-state index >= 15 is 0 Å². The van der Waals surface area contributed by atoms with E-state index in [1.165, 1.54) is 5.56 Å². The van der Waals surface area contributed by atoms with Gasteiger partial charge in [0, 0.05) is 11.9 Å². The number of hydrogen-bond donors (Lipinski definition) is 0. The minimum atomic E-state index is 0.0292. The fourth-order valence-electron chi connectivity index (χ4n) is 1.35. The van der Waals surface area contributed by atoms with Gasteiger partial charge in [-0.2, -0.15) is 0 Å². The standard InChI is InChI=1S/C13H17BrO/c1-2-13(15-11-7-6-10-14)12-8-4-3-5-9-12/h2-5,8-9,13H,1,6-7,10-11H2. The Hall–Kier alpha value is -0.600. The molecule has 1 aromatic carbocycles. The summed E-state index contributed by atoms with van der Waals surface area (Å²) in [6.45, 7) is 4.59. The molecule has 1 atom stereocenters. The molecule has 0 N–H and O–H groups in total. The van der Waals surface area contributed by atoms with Gasteiger partial charge in [-0.3, -0.25) is 0 Å². The van der Waals surface area contributed by atoms with Crippen LogP contribution in [0.3, 0.4) is 0 Å². The van der Waals surface area contributed by atoms with E-state index in [1.807, 2.05) is 24.3 Å². The van der Waals surface area contributed by atoms with Gasteiger partial charge in [-0.1, -0.05) is 52.3 Å². The zero-order valence-electron chi connectivity index (χ0n) is 8.86. The lowest BCUT2D eigenvalue weighted by Crippen LogP contribution is -2.02. The first-order valence-electron chi connectivity index (χ1n) is 5.23. The third kappa shape index (κ3) is 4.63. The quantitative estimate of drug-likeness (QED) is 0.411. The molecule has 0 spiro atoms. The van der Waals surface area contributed by atoms with Crippen LogP contribution in [0.5, 0.6) is 0 Å². The van der Waals surface area contributed by atoms with Crippen LogP contribution in [-0.2, 0) is 4.74 Å². The van der Waals surface area contributed by atoms with Gasteiger partial charge in [-0.15, -0.1) is 6.58 Å². The van der Waals surface area contributed by atoms with Crippen molar-refractivity contribution in [2.75, 3.05) is 11.9 Å². The Morgan fingerprint density at radius 3 is 2.60 bits per heavy atom. The summed E-state index contributed by atoms with van der Waals surface area (Å²) in [4.78, 5) is 0. The summed E-state index contributed by atoms with van der Waals surface area (Å²) in [5.74, 6) is 0. The summed E-state index contributed by atoms with van der Waals surface area (Å²) in [5, 5.41) is 1.04. The van der Waals surface area contributed by atoms with Gasteiger partial charge >= 0.3 is 0 Å². The van der Waals surface area contributed by atoms with Crippen molar-refractivity contribution in [2.24, 2.45) is 0 Å². The molecule has 0 radical (unpaired) electrons. The highest BCUT2D eigenvalue weighted by molar-refractivity contribution is 9.09. The molecular formula is C13H17BrO. The number of halogens is 1. The molecule has 1 unspecified atom stereocenters. The maximum atomic E-state index is 5.74. The van der Waals surface area contributed by atoms with Crippen LogP contribution in [0.4, 0.5) is 0 Å². The molecule has 1 aromatic rings. The van der Waals surface area contributed by atoms with Crippen molar-refractivity contribution in [1.29, 1.82) is 0 Å². The molecule has 0 fully saturated rings. The Balaban J connectivity index is 2.39. The first kappa shape index (κ1) is 12.5. The van der Waals surface area contributed by atoms with Gasteiger partial charge in [0.1, 0.15) is 6.10 Å². The Morgan fingerprint density at radius 1 is 1.27 bits per heavy atom. The van der Waals surface area contributed by atoms with Crippen molar-refractivity contribution >= 4 is 15.9 Å². The molecular weight excluding hydrogens is 252 g/mol. The predicted molar refractivity (Wildman–Crippen MR) is 68.4 cm³/mol. The monoisotopic (exact) mass is 268 g/mol. The number of rotatable bonds is 7. The van der Waals surface area contributed by atoms with Gasteiger partial charge in [0.25, 0.3) is 0 Å². The largest absolute Gasteiger partial charge is 0.369 e. The van der Waals surface area contributed by atoms with Crippen molar-refractivity contribution in [3.63, 3.8) is 0 Å². The highest BCUT2D eigenvalue weighted by Gasteiger charge is 2.05. The van der Waals surface area contributed by atoms with E-state index < -0.39 is 0 Å². The lowest BCUT2D eigenvalue weighted by molar-refractivity contribution is 0.0834. The van der Waals surface area contributed by atoms with Crippen LogP contribution < -0.4 is 0 Å². The minimum absolute atomic E-state index is 0.0292. The van der Waals surface area contributed by atoms with Gasteiger partial charge < -0.3 is 4.74 Å². The summed E-state index contributed by atoms with van der Waals surface area (Å²) in [5.41, 5.74) is 1.17. The van der Waals surface area contributed by atoms with E-state index in [4.69, 9.17) is 4.74 Å². The first-order chi connectivity index (χ1) is 7.38. The number of unbranched alkanes of at least 4 members (excludes halogenated alkanes) is 1. The molecule has 0 saturated carbocycles. The molecule has 82 valence electrons. The van der Waals surface area contributed by atoms with E-state index in [9.17, 15) is 0 Å². The molecule has 0 aliphatic carbocycles. The maximum absolute atomic E-state index is 5.74. The second-order valence-corrected chi connectivity index (χ2v) is 4.13. The van der Waals surface area contributed by atoms with Gasteiger partial charge in [0.15, 0.2) is 0 Å². The van der Waals surface area contributed by atoms with Crippen molar-refractivity contribution in [3.05, 3.63) is 48.6 Å². The van der Waals surface area contributed by atoms with Crippen molar-refractivity contribution in [3.8, 4) is 0 Å². The fraction of sp³-hybridized carbons (Fsp3) is 0.385. The number of benzene rings is 1. The summed E-state index contributed by atoms with van der Waals surface area (Å²) in [7, 11) is 0. The molecule has 0 aliphatic rings. The molecule has 0 aliphatic heterocycles. The van der Waals surface area contributed by atoms with Crippen LogP contribution in [0.25, 0.3) is 0 Å². The van der Waals surface area contributed by atoms with Gasteiger partial charge in [-0.05, 0) is 18.4 Å². The molecule has 1 rings (SSSR count). The van der Waals surface area contributed by atoms with Crippen molar-refractivity contribution in [2.45, 2.75) is 18.9 Å². The molecule has 0 saturated heterocycles. The van der Waals surface area contributed by atoms with Gasteiger partial charge in [0.2, 0.25) is 0 Å². The van der Waals surface area contributed by atoms with Crippen LogP contribution >= 0.6 is 15.9 Å². The van der Waals surface area contributed by atoms with Crippen molar-refractivity contribution in [1.82, 2.24) is 0 Å². The Labute approximate surface area is 100 Å². The summed E-state index contributed by atoms with van der Waals surface area (Å²) < 4.78 is 5.74. The Morgan fingerprint density at radius 2 is 2.00 bits per heavy atom. The fourth-order valence-corrected chi connectivity index (χ4v) is 1.75. The molecule has 0 bridgehead atoms. The zero-order chi connectivity index (χ0) is 10.9.